The maximum Gasteiger partial charge on any atom is 0.354 e. The lowest BCUT2D eigenvalue weighted by Crippen LogP contribution is -2.16. The SMILES string of the molecule is CCCCOCCNc1ncnc(NN)c1[N+](=O)[O-]. The summed E-state index contributed by atoms with van der Waals surface area (Å²) in [6.07, 6.45) is 3.26. The lowest BCUT2D eigenvalue weighted by Gasteiger charge is -2.08. The maximum atomic E-state index is 10.9. The van der Waals surface area contributed by atoms with Crippen LogP contribution in [0.1, 0.15) is 19.8 Å². The molecule has 0 aromatic carbocycles. The monoisotopic (exact) mass is 270 g/mol. The minimum Gasteiger partial charge on any atom is -0.380 e. The Morgan fingerprint density at radius 1 is 1.42 bits per heavy atom. The van der Waals surface area contributed by atoms with Gasteiger partial charge in [-0.1, -0.05) is 13.3 Å². The number of hydrogen-bond acceptors (Lipinski definition) is 8. The Bertz CT molecular complexity index is 414. The van der Waals surface area contributed by atoms with Gasteiger partial charge in [-0.15, -0.1) is 0 Å². The second kappa shape index (κ2) is 8.16. The van der Waals surface area contributed by atoms with Crippen LogP contribution in [0.25, 0.3) is 0 Å². The van der Waals surface area contributed by atoms with Gasteiger partial charge in [-0.2, -0.15) is 0 Å². The lowest BCUT2D eigenvalue weighted by molar-refractivity contribution is -0.383. The third kappa shape index (κ3) is 4.64. The number of nitrogens with zero attached hydrogens (tertiary/aromatic N) is 3. The Balaban J connectivity index is 2.55. The van der Waals surface area contributed by atoms with E-state index in [9.17, 15) is 10.1 Å². The Hall–Kier alpha value is -2.00. The van der Waals surface area contributed by atoms with Crippen LogP contribution in [0.4, 0.5) is 17.3 Å². The van der Waals surface area contributed by atoms with E-state index in [1.165, 1.54) is 6.33 Å². The molecule has 1 heterocycles. The Kier molecular flexibility index (Phi) is 6.47. The lowest BCUT2D eigenvalue weighted by atomic mass is 10.4. The van der Waals surface area contributed by atoms with E-state index in [1.54, 1.807) is 0 Å². The molecule has 0 amide bonds. The third-order valence-electron chi connectivity index (χ3n) is 2.32. The molecule has 0 aliphatic heterocycles. The van der Waals surface area contributed by atoms with Crippen molar-refractivity contribution >= 4 is 17.3 Å². The summed E-state index contributed by atoms with van der Waals surface area (Å²) in [5, 5.41) is 13.8. The van der Waals surface area contributed by atoms with Crippen LogP contribution in [0.5, 0.6) is 0 Å². The number of hydrazine groups is 1. The quantitative estimate of drug-likeness (QED) is 0.261. The van der Waals surface area contributed by atoms with Crippen molar-refractivity contribution in [1.82, 2.24) is 9.97 Å². The van der Waals surface area contributed by atoms with E-state index < -0.39 is 4.92 Å². The molecule has 0 fully saturated rings. The number of ether oxygens (including phenoxy) is 1. The number of rotatable bonds is 9. The summed E-state index contributed by atoms with van der Waals surface area (Å²) in [4.78, 5) is 17.9. The average Bonchev–Trinajstić information content (AvgIpc) is 2.42. The number of nitro groups is 1. The molecule has 0 saturated carbocycles. The van der Waals surface area contributed by atoms with Gasteiger partial charge in [-0.3, -0.25) is 10.1 Å². The van der Waals surface area contributed by atoms with E-state index in [0.717, 1.165) is 12.8 Å². The molecule has 106 valence electrons. The highest BCUT2D eigenvalue weighted by Gasteiger charge is 2.21. The van der Waals surface area contributed by atoms with E-state index in [4.69, 9.17) is 10.6 Å². The Morgan fingerprint density at radius 3 is 2.79 bits per heavy atom. The molecule has 0 aliphatic rings. The smallest absolute Gasteiger partial charge is 0.354 e. The van der Waals surface area contributed by atoms with E-state index in [2.05, 4.69) is 27.6 Å². The van der Waals surface area contributed by atoms with Crippen LogP contribution >= 0.6 is 0 Å². The second-order valence-corrected chi connectivity index (χ2v) is 3.71. The van der Waals surface area contributed by atoms with Crippen LogP contribution in [0.2, 0.25) is 0 Å². The van der Waals surface area contributed by atoms with Gasteiger partial charge in [0.2, 0.25) is 11.6 Å². The van der Waals surface area contributed by atoms with Crippen molar-refractivity contribution in [2.75, 3.05) is 30.5 Å². The summed E-state index contributed by atoms with van der Waals surface area (Å²) in [6.45, 7) is 3.63. The first-order valence-electron chi connectivity index (χ1n) is 5.98. The van der Waals surface area contributed by atoms with Crippen LogP contribution in [0.15, 0.2) is 6.33 Å². The maximum absolute atomic E-state index is 10.9. The second-order valence-electron chi connectivity index (χ2n) is 3.71. The molecule has 0 aliphatic carbocycles. The summed E-state index contributed by atoms with van der Waals surface area (Å²) >= 11 is 0. The highest BCUT2D eigenvalue weighted by atomic mass is 16.6. The predicted molar refractivity (Wildman–Crippen MR) is 70.7 cm³/mol. The van der Waals surface area contributed by atoms with Gasteiger partial charge in [0, 0.05) is 13.2 Å². The molecule has 9 heteroatoms. The van der Waals surface area contributed by atoms with Crippen molar-refractivity contribution in [1.29, 1.82) is 0 Å². The van der Waals surface area contributed by atoms with Crippen molar-refractivity contribution in [3.05, 3.63) is 16.4 Å². The van der Waals surface area contributed by atoms with E-state index >= 15 is 0 Å². The molecule has 0 spiro atoms. The molecule has 4 N–H and O–H groups in total. The first-order chi connectivity index (χ1) is 9.20. The van der Waals surface area contributed by atoms with Gasteiger partial charge in [-0.05, 0) is 6.42 Å². The number of nitrogen functional groups attached to an aromatic ring is 1. The van der Waals surface area contributed by atoms with Crippen LogP contribution in [-0.4, -0.2) is 34.6 Å². The zero-order valence-corrected chi connectivity index (χ0v) is 10.8. The van der Waals surface area contributed by atoms with Crippen LogP contribution in [0, 0.1) is 10.1 Å². The van der Waals surface area contributed by atoms with Gasteiger partial charge >= 0.3 is 5.69 Å². The number of aromatic nitrogens is 2. The van der Waals surface area contributed by atoms with Gasteiger partial charge in [-0.25, -0.2) is 15.8 Å². The third-order valence-corrected chi connectivity index (χ3v) is 2.32. The molecular formula is C10H18N6O3. The average molecular weight is 270 g/mol. The fraction of sp³-hybridized carbons (Fsp3) is 0.600. The summed E-state index contributed by atoms with van der Waals surface area (Å²) in [6, 6.07) is 0. The summed E-state index contributed by atoms with van der Waals surface area (Å²) in [5.74, 6) is 5.25. The van der Waals surface area contributed by atoms with Crippen LogP contribution in [0.3, 0.4) is 0 Å². The van der Waals surface area contributed by atoms with Crippen molar-refractivity contribution < 1.29 is 9.66 Å². The van der Waals surface area contributed by atoms with Gasteiger partial charge in [0.1, 0.15) is 6.33 Å². The molecule has 1 aromatic heterocycles. The topological polar surface area (TPSA) is 128 Å². The zero-order valence-electron chi connectivity index (χ0n) is 10.8. The van der Waals surface area contributed by atoms with Gasteiger partial charge in [0.25, 0.3) is 0 Å². The largest absolute Gasteiger partial charge is 0.380 e. The van der Waals surface area contributed by atoms with Gasteiger partial charge < -0.3 is 15.5 Å². The first kappa shape index (κ1) is 15.1. The molecule has 0 atom stereocenters. The summed E-state index contributed by atoms with van der Waals surface area (Å²) in [7, 11) is 0. The highest BCUT2D eigenvalue weighted by molar-refractivity contribution is 5.68. The zero-order chi connectivity index (χ0) is 14.1. The highest BCUT2D eigenvalue weighted by Crippen LogP contribution is 2.27. The summed E-state index contributed by atoms with van der Waals surface area (Å²) < 4.78 is 5.34. The molecule has 0 saturated heterocycles. The van der Waals surface area contributed by atoms with Gasteiger partial charge in [0.05, 0.1) is 11.5 Å². The molecule has 1 aromatic rings. The van der Waals surface area contributed by atoms with E-state index in [0.29, 0.717) is 19.8 Å². The first-order valence-corrected chi connectivity index (χ1v) is 5.98. The molecule has 9 nitrogen and oxygen atoms in total. The molecule has 0 radical (unpaired) electrons. The number of anilines is 2. The van der Waals surface area contributed by atoms with Crippen LogP contribution in [-0.2, 0) is 4.74 Å². The normalized spacial score (nSPS) is 10.2. The fourth-order valence-corrected chi connectivity index (χ4v) is 1.38. The fourth-order valence-electron chi connectivity index (χ4n) is 1.38. The molecule has 0 bridgehead atoms. The van der Waals surface area contributed by atoms with E-state index in [-0.39, 0.29) is 17.3 Å². The Morgan fingerprint density at radius 2 is 2.16 bits per heavy atom. The van der Waals surface area contributed by atoms with E-state index in [1.807, 2.05) is 0 Å². The van der Waals surface area contributed by atoms with Crippen molar-refractivity contribution in [3.63, 3.8) is 0 Å². The minimum atomic E-state index is -0.588. The summed E-state index contributed by atoms with van der Waals surface area (Å²) in [5.41, 5.74) is 1.89. The van der Waals surface area contributed by atoms with Crippen LogP contribution < -0.4 is 16.6 Å². The van der Waals surface area contributed by atoms with Crippen molar-refractivity contribution in [3.8, 4) is 0 Å². The van der Waals surface area contributed by atoms with Crippen molar-refractivity contribution in [2.45, 2.75) is 19.8 Å². The molecule has 19 heavy (non-hydrogen) atoms. The number of unbranched alkanes of at least 4 members (excludes halogenated alkanes) is 1. The Labute approximate surface area is 110 Å². The van der Waals surface area contributed by atoms with Crippen molar-refractivity contribution in [2.24, 2.45) is 5.84 Å². The standard InChI is InChI=1S/C10H18N6O3/c1-2-3-5-19-6-4-12-9-8(16(17)18)10(15-11)14-7-13-9/h7H,2-6,11H2,1H3,(H2,12,13,14,15). The molecular weight excluding hydrogens is 252 g/mol. The molecule has 0 unspecified atom stereocenters. The minimum absolute atomic E-state index is 0.0330. The predicted octanol–water partition coefficient (Wildman–Crippen LogP) is 0.899. The molecule has 1 rings (SSSR count). The van der Waals surface area contributed by atoms with Gasteiger partial charge in [0.15, 0.2) is 0 Å². The number of nitrogens with one attached hydrogen (secondary N) is 2. The number of nitrogens with two attached hydrogens (primary N) is 1. The number of hydrogen-bond donors (Lipinski definition) is 3.